The molecule has 3 aromatic rings. The van der Waals surface area contributed by atoms with Crippen LogP contribution in [0.1, 0.15) is 30.2 Å². The number of pyridine rings is 1. The fraction of sp³-hybridized carbons (Fsp3) is 0.318. The highest BCUT2D eigenvalue weighted by Crippen LogP contribution is 2.34. The average molecular weight is 414 g/mol. The molecule has 1 saturated heterocycles. The molecule has 1 aliphatic heterocycles. The summed E-state index contributed by atoms with van der Waals surface area (Å²) in [5.41, 5.74) is 0.506. The molecule has 8 heteroatoms. The molecule has 156 valence electrons. The first-order valence-corrected chi connectivity index (χ1v) is 9.78. The summed E-state index contributed by atoms with van der Waals surface area (Å²) in [6, 6.07) is 14.1. The van der Waals surface area contributed by atoms with Crippen molar-refractivity contribution in [3.8, 4) is 11.4 Å². The molecule has 0 radical (unpaired) electrons. The Hall–Kier alpha value is -3.00. The standard InChI is InChI=1S/C22H21F3N4O/c23-22(24,25)18-12-19(29-21(28-18)17-8-4-10-26-13-17)27-14-16-9-5-11-30-20(16)15-6-2-1-3-7-15/h1-4,6-8,10,12-13,16,20H,5,9,11,14H2,(H,27,28,29)/t16-,20-/m0/s1. The number of halogens is 3. The van der Waals surface area contributed by atoms with Crippen LogP contribution in [0.25, 0.3) is 11.4 Å². The number of benzene rings is 1. The number of hydrogen-bond acceptors (Lipinski definition) is 5. The highest BCUT2D eigenvalue weighted by molar-refractivity contribution is 5.56. The molecule has 1 aromatic carbocycles. The first kappa shape index (κ1) is 20.3. The minimum Gasteiger partial charge on any atom is -0.373 e. The summed E-state index contributed by atoms with van der Waals surface area (Å²) in [6.45, 7) is 1.12. The zero-order valence-corrected chi connectivity index (χ0v) is 16.1. The molecule has 0 unspecified atom stereocenters. The van der Waals surface area contributed by atoms with Crippen LogP contribution in [0.4, 0.5) is 19.0 Å². The van der Waals surface area contributed by atoms with Crippen LogP contribution < -0.4 is 5.32 Å². The number of aromatic nitrogens is 3. The van der Waals surface area contributed by atoms with Crippen molar-refractivity contribution in [2.45, 2.75) is 25.1 Å². The molecule has 0 saturated carbocycles. The molecule has 3 heterocycles. The van der Waals surface area contributed by atoms with Gasteiger partial charge in [0.25, 0.3) is 0 Å². The summed E-state index contributed by atoms with van der Waals surface area (Å²) in [5, 5.41) is 3.09. The zero-order chi connectivity index (χ0) is 21.0. The van der Waals surface area contributed by atoms with Crippen molar-refractivity contribution in [3.05, 3.63) is 72.2 Å². The number of nitrogens with one attached hydrogen (secondary N) is 1. The van der Waals surface area contributed by atoms with Gasteiger partial charge in [-0.3, -0.25) is 4.98 Å². The smallest absolute Gasteiger partial charge is 0.373 e. The van der Waals surface area contributed by atoms with Gasteiger partial charge < -0.3 is 10.1 Å². The van der Waals surface area contributed by atoms with Gasteiger partial charge in [0.05, 0.1) is 6.10 Å². The number of alkyl halides is 3. The fourth-order valence-electron chi connectivity index (χ4n) is 3.61. The van der Waals surface area contributed by atoms with E-state index < -0.39 is 11.9 Å². The summed E-state index contributed by atoms with van der Waals surface area (Å²) in [6.07, 6.45) is 0.140. The molecule has 0 spiro atoms. The van der Waals surface area contributed by atoms with Crippen LogP contribution in [-0.2, 0) is 10.9 Å². The van der Waals surface area contributed by atoms with Crippen molar-refractivity contribution in [1.82, 2.24) is 15.0 Å². The number of anilines is 1. The lowest BCUT2D eigenvalue weighted by atomic mass is 9.89. The fourth-order valence-corrected chi connectivity index (χ4v) is 3.61. The van der Waals surface area contributed by atoms with E-state index in [-0.39, 0.29) is 23.7 Å². The van der Waals surface area contributed by atoms with Gasteiger partial charge in [0.1, 0.15) is 5.82 Å². The third-order valence-corrected chi connectivity index (χ3v) is 5.05. The highest BCUT2D eigenvalue weighted by atomic mass is 19.4. The first-order chi connectivity index (χ1) is 14.5. The lowest BCUT2D eigenvalue weighted by Crippen LogP contribution is -2.28. The van der Waals surface area contributed by atoms with Gasteiger partial charge in [0, 0.05) is 43.1 Å². The highest BCUT2D eigenvalue weighted by Gasteiger charge is 2.34. The van der Waals surface area contributed by atoms with Gasteiger partial charge >= 0.3 is 6.18 Å². The number of hydrogen-bond donors (Lipinski definition) is 1. The Morgan fingerprint density at radius 1 is 1.07 bits per heavy atom. The molecule has 1 fully saturated rings. The van der Waals surface area contributed by atoms with Gasteiger partial charge in [-0.15, -0.1) is 0 Å². The molecule has 2 atom stereocenters. The van der Waals surface area contributed by atoms with E-state index in [1.54, 1.807) is 18.3 Å². The van der Waals surface area contributed by atoms with Gasteiger partial charge in [-0.1, -0.05) is 30.3 Å². The Morgan fingerprint density at radius 3 is 2.63 bits per heavy atom. The summed E-state index contributed by atoms with van der Waals surface area (Å²) in [7, 11) is 0. The minimum atomic E-state index is -4.57. The van der Waals surface area contributed by atoms with Gasteiger partial charge in [-0.2, -0.15) is 13.2 Å². The summed E-state index contributed by atoms with van der Waals surface area (Å²) in [4.78, 5) is 11.9. The molecule has 0 amide bonds. The van der Waals surface area contributed by atoms with Crippen LogP contribution in [0.3, 0.4) is 0 Å². The second kappa shape index (κ2) is 8.79. The maximum absolute atomic E-state index is 13.4. The van der Waals surface area contributed by atoms with Crippen molar-refractivity contribution >= 4 is 5.82 Å². The minimum absolute atomic E-state index is 0.0140. The van der Waals surface area contributed by atoms with Crippen LogP contribution in [0.5, 0.6) is 0 Å². The lowest BCUT2D eigenvalue weighted by molar-refractivity contribution is -0.141. The zero-order valence-electron chi connectivity index (χ0n) is 16.1. The largest absolute Gasteiger partial charge is 0.433 e. The summed E-state index contributed by atoms with van der Waals surface area (Å²) < 4.78 is 46.1. The van der Waals surface area contributed by atoms with E-state index in [0.717, 1.165) is 24.5 Å². The third kappa shape index (κ3) is 4.76. The van der Waals surface area contributed by atoms with Crippen LogP contribution in [0, 0.1) is 5.92 Å². The van der Waals surface area contributed by atoms with Crippen molar-refractivity contribution in [2.75, 3.05) is 18.5 Å². The van der Waals surface area contributed by atoms with Crippen molar-refractivity contribution < 1.29 is 17.9 Å². The molecule has 2 aromatic heterocycles. The topological polar surface area (TPSA) is 59.9 Å². The summed E-state index contributed by atoms with van der Waals surface area (Å²) in [5.74, 6) is 0.237. The molecular formula is C22H21F3N4O. The maximum atomic E-state index is 13.4. The van der Waals surface area contributed by atoms with E-state index in [2.05, 4.69) is 20.3 Å². The van der Waals surface area contributed by atoms with Gasteiger partial charge in [-0.05, 0) is 30.5 Å². The van der Waals surface area contributed by atoms with E-state index >= 15 is 0 Å². The number of nitrogens with zero attached hydrogens (tertiary/aromatic N) is 3. The van der Waals surface area contributed by atoms with Crippen LogP contribution in [-0.4, -0.2) is 28.1 Å². The Bertz CT molecular complexity index is 967. The van der Waals surface area contributed by atoms with Gasteiger partial charge in [-0.25, -0.2) is 9.97 Å². The predicted octanol–water partition coefficient (Wildman–Crippen LogP) is 5.14. The average Bonchev–Trinajstić information content (AvgIpc) is 2.78. The normalized spacial score (nSPS) is 19.4. The molecular weight excluding hydrogens is 393 g/mol. The molecule has 4 rings (SSSR count). The van der Waals surface area contributed by atoms with Gasteiger partial charge in [0.15, 0.2) is 11.5 Å². The first-order valence-electron chi connectivity index (χ1n) is 9.78. The lowest BCUT2D eigenvalue weighted by Gasteiger charge is -2.32. The predicted molar refractivity (Wildman–Crippen MR) is 107 cm³/mol. The molecule has 0 aliphatic carbocycles. The van der Waals surface area contributed by atoms with Crippen molar-refractivity contribution in [2.24, 2.45) is 5.92 Å². The van der Waals surface area contributed by atoms with Gasteiger partial charge in [0.2, 0.25) is 0 Å². The van der Waals surface area contributed by atoms with E-state index in [1.807, 2.05) is 30.3 Å². The molecule has 5 nitrogen and oxygen atoms in total. The Kier molecular flexibility index (Phi) is 5.94. The van der Waals surface area contributed by atoms with E-state index in [0.29, 0.717) is 18.7 Å². The molecule has 0 bridgehead atoms. The van der Waals surface area contributed by atoms with E-state index in [9.17, 15) is 13.2 Å². The molecule has 1 aliphatic rings. The SMILES string of the molecule is FC(F)(F)c1cc(NC[C@@H]2CCCO[C@H]2c2ccccc2)nc(-c2cccnc2)n1. The van der Waals surface area contributed by atoms with Crippen LogP contribution in [0.15, 0.2) is 60.9 Å². The summed E-state index contributed by atoms with van der Waals surface area (Å²) >= 11 is 0. The third-order valence-electron chi connectivity index (χ3n) is 5.05. The van der Waals surface area contributed by atoms with Crippen LogP contribution in [0.2, 0.25) is 0 Å². The number of ether oxygens (including phenoxy) is 1. The monoisotopic (exact) mass is 414 g/mol. The van der Waals surface area contributed by atoms with E-state index in [4.69, 9.17) is 4.74 Å². The maximum Gasteiger partial charge on any atom is 0.433 e. The molecule has 30 heavy (non-hydrogen) atoms. The van der Waals surface area contributed by atoms with Crippen molar-refractivity contribution in [3.63, 3.8) is 0 Å². The van der Waals surface area contributed by atoms with Crippen molar-refractivity contribution in [1.29, 1.82) is 0 Å². The van der Waals surface area contributed by atoms with Crippen LogP contribution >= 0.6 is 0 Å². The second-order valence-corrected chi connectivity index (χ2v) is 7.19. The Morgan fingerprint density at radius 2 is 1.90 bits per heavy atom. The molecule has 1 N–H and O–H groups in total. The Labute approximate surface area is 172 Å². The second-order valence-electron chi connectivity index (χ2n) is 7.19. The quantitative estimate of drug-likeness (QED) is 0.627. The Balaban J connectivity index is 1.57. The number of rotatable bonds is 5. The van der Waals surface area contributed by atoms with E-state index in [1.165, 1.54) is 6.20 Å².